The highest BCUT2D eigenvalue weighted by Crippen LogP contribution is 2.30. The van der Waals surface area contributed by atoms with Crippen molar-refractivity contribution in [1.82, 2.24) is 0 Å². The highest BCUT2D eigenvalue weighted by atomic mass is 32.3. The van der Waals surface area contributed by atoms with Gasteiger partial charge in [-0.3, -0.25) is 10.1 Å². The Morgan fingerprint density at radius 3 is 1.93 bits per heavy atom. The van der Waals surface area contributed by atoms with Crippen molar-refractivity contribution in [3.63, 3.8) is 0 Å². The number of nitro groups is 1. The Labute approximate surface area is 179 Å². The van der Waals surface area contributed by atoms with E-state index in [1.54, 1.807) is 47.9 Å². The number of nitrogens with zero attached hydrogens (tertiary/aromatic N) is 2. The molecular formula is C22H20N2O4S2. The molecular weight excluding hydrogens is 420 g/mol. The van der Waals surface area contributed by atoms with E-state index in [1.807, 2.05) is 38.1 Å². The molecule has 1 atom stereocenters. The summed E-state index contributed by atoms with van der Waals surface area (Å²) in [5, 5.41) is 12.5. The predicted molar refractivity (Wildman–Crippen MR) is 121 cm³/mol. The second kappa shape index (κ2) is 9.25. The smallest absolute Gasteiger partial charge is 0.269 e. The minimum absolute atomic E-state index is 0.00341. The summed E-state index contributed by atoms with van der Waals surface area (Å²) in [5.74, 6) is 0. The highest BCUT2D eigenvalue weighted by Gasteiger charge is 2.17. The molecule has 0 aliphatic carbocycles. The van der Waals surface area contributed by atoms with Gasteiger partial charge in [-0.15, -0.1) is 0 Å². The average Bonchev–Trinajstić information content (AvgIpc) is 2.72. The van der Waals surface area contributed by atoms with Crippen LogP contribution in [0.2, 0.25) is 0 Å². The van der Waals surface area contributed by atoms with E-state index >= 15 is 0 Å². The topological polar surface area (TPSA) is 91.4 Å². The van der Waals surface area contributed by atoms with E-state index in [4.69, 9.17) is 0 Å². The monoisotopic (exact) mass is 440 g/mol. The molecule has 0 spiro atoms. The lowest BCUT2D eigenvalue weighted by molar-refractivity contribution is -0.384. The molecule has 0 aromatic heterocycles. The number of nitro benzene ring substituents is 1. The molecule has 0 saturated heterocycles. The summed E-state index contributed by atoms with van der Waals surface area (Å²) < 4.78 is 29.9. The van der Waals surface area contributed by atoms with Gasteiger partial charge in [0.05, 0.1) is 9.82 Å². The van der Waals surface area contributed by atoms with Crippen LogP contribution in [0.1, 0.15) is 16.7 Å². The summed E-state index contributed by atoms with van der Waals surface area (Å²) in [6.07, 6.45) is 1.72. The van der Waals surface area contributed by atoms with Crippen molar-refractivity contribution in [1.29, 1.82) is 0 Å². The Hall–Kier alpha value is -2.94. The van der Waals surface area contributed by atoms with E-state index in [-0.39, 0.29) is 10.6 Å². The lowest BCUT2D eigenvalue weighted by atomic mass is 10.2. The molecule has 0 radical (unpaired) electrons. The molecule has 154 valence electrons. The normalized spacial score (nSPS) is 12.7. The van der Waals surface area contributed by atoms with Crippen LogP contribution in [0.5, 0.6) is 0 Å². The van der Waals surface area contributed by atoms with Gasteiger partial charge in [-0.2, -0.15) is 0 Å². The summed E-state index contributed by atoms with van der Waals surface area (Å²) in [6.45, 7) is 3.84. The molecule has 6 nitrogen and oxygen atoms in total. The number of benzene rings is 3. The molecule has 0 aliphatic heterocycles. The Kier molecular flexibility index (Phi) is 6.71. The fourth-order valence-electron chi connectivity index (χ4n) is 2.53. The Morgan fingerprint density at radius 2 is 1.40 bits per heavy atom. The summed E-state index contributed by atoms with van der Waals surface area (Å²) in [4.78, 5) is 11.2. The van der Waals surface area contributed by atoms with Crippen molar-refractivity contribution in [2.45, 2.75) is 23.6 Å². The molecule has 30 heavy (non-hydrogen) atoms. The highest BCUT2D eigenvalue weighted by molar-refractivity contribution is 8.16. The van der Waals surface area contributed by atoms with Crippen LogP contribution in [0.3, 0.4) is 0 Å². The van der Waals surface area contributed by atoms with E-state index in [1.165, 1.54) is 12.1 Å². The average molecular weight is 441 g/mol. The summed E-state index contributed by atoms with van der Waals surface area (Å²) in [7, 11) is -3.86. The molecule has 1 unspecified atom stereocenters. The number of hydrogen-bond donors (Lipinski definition) is 0. The fourth-order valence-corrected chi connectivity index (χ4v) is 5.60. The number of sulfonamides is 1. The van der Waals surface area contributed by atoms with Crippen LogP contribution >= 0.6 is 0 Å². The minimum atomic E-state index is -3.86. The summed E-state index contributed by atoms with van der Waals surface area (Å²) >= 11 is -1.06. The van der Waals surface area contributed by atoms with Crippen LogP contribution in [0.25, 0.3) is 10.2 Å². The van der Waals surface area contributed by atoms with Crippen molar-refractivity contribution in [2.75, 3.05) is 0 Å². The van der Waals surface area contributed by atoms with E-state index in [0.29, 0.717) is 5.56 Å². The first kappa shape index (κ1) is 21.8. The first-order chi connectivity index (χ1) is 14.2. The van der Waals surface area contributed by atoms with Gasteiger partial charge in [0.25, 0.3) is 5.69 Å². The third-order valence-corrected chi connectivity index (χ3v) is 7.70. The lowest BCUT2D eigenvalue weighted by Gasteiger charge is -2.19. The Bertz CT molecular complexity index is 1160. The first-order valence-electron chi connectivity index (χ1n) is 9.02. The zero-order valence-corrected chi connectivity index (χ0v) is 18.1. The van der Waals surface area contributed by atoms with Crippen LogP contribution in [0.15, 0.2) is 88.0 Å². The van der Waals surface area contributed by atoms with Crippen LogP contribution in [0, 0.1) is 24.0 Å². The molecule has 3 rings (SSSR count). The van der Waals surface area contributed by atoms with E-state index in [9.17, 15) is 18.5 Å². The Balaban J connectivity index is 1.91. The van der Waals surface area contributed by atoms with Crippen LogP contribution < -0.4 is 0 Å². The van der Waals surface area contributed by atoms with E-state index < -0.39 is 26.0 Å². The molecule has 0 bridgehead atoms. The van der Waals surface area contributed by atoms with Gasteiger partial charge in [0, 0.05) is 12.1 Å². The van der Waals surface area contributed by atoms with Gasteiger partial charge >= 0.3 is 0 Å². The summed E-state index contributed by atoms with van der Waals surface area (Å²) in [5.41, 5.74) is 2.73. The number of rotatable bonds is 7. The van der Waals surface area contributed by atoms with Crippen LogP contribution in [0.4, 0.5) is 5.69 Å². The molecule has 0 aliphatic rings. The van der Waals surface area contributed by atoms with Gasteiger partial charge in [0.1, 0.15) is 20.3 Å². The second-order valence-electron chi connectivity index (χ2n) is 6.64. The quantitative estimate of drug-likeness (QED) is 0.274. The summed E-state index contributed by atoms with van der Waals surface area (Å²) in [6, 6.07) is 20.1. The lowest BCUT2D eigenvalue weighted by Crippen LogP contribution is -2.07. The minimum Gasteiger partial charge on any atom is -0.302 e. The van der Waals surface area contributed by atoms with Gasteiger partial charge in [-0.1, -0.05) is 35.4 Å². The molecule has 0 amide bonds. The van der Waals surface area contributed by atoms with Crippen molar-refractivity contribution in [3.05, 3.63) is 109 Å². The zero-order valence-electron chi connectivity index (χ0n) is 16.4. The third-order valence-electron chi connectivity index (χ3n) is 4.25. The van der Waals surface area contributed by atoms with Crippen molar-refractivity contribution in [2.24, 2.45) is 0 Å². The van der Waals surface area contributed by atoms with Crippen LogP contribution in [-0.2, 0) is 21.1 Å². The van der Waals surface area contributed by atoms with Crippen LogP contribution in [-0.4, -0.2) is 13.3 Å². The standard InChI is InChI=1S/C22H20N2O4S2/c1-17-3-11-21(12-4-17)29(16-15-19-7-9-20(10-8-19)24(25)26)23-30(27,28)22-13-5-18(2)6-14-22/h3-16H,1-2H3/b16-15+. The van der Waals surface area contributed by atoms with Gasteiger partial charge in [0.2, 0.25) is 0 Å². The SMILES string of the molecule is Cc1ccc([S+](/C=C/c2ccc([N+](=O)[O-])cc2)[N-]S(=O)(=O)c2ccc(C)cc2)cc1. The molecule has 0 heterocycles. The third kappa shape index (κ3) is 5.56. The van der Waals surface area contributed by atoms with E-state index in [0.717, 1.165) is 16.0 Å². The van der Waals surface area contributed by atoms with E-state index in [2.05, 4.69) is 4.13 Å². The molecule has 0 N–H and O–H groups in total. The second-order valence-corrected chi connectivity index (χ2v) is 10.0. The number of non-ortho nitro benzene ring substituents is 1. The Morgan fingerprint density at radius 1 is 0.867 bits per heavy atom. The molecule has 3 aromatic rings. The van der Waals surface area contributed by atoms with Crippen molar-refractivity contribution in [3.8, 4) is 0 Å². The number of aryl methyl sites for hydroxylation is 2. The maximum absolute atomic E-state index is 12.9. The zero-order chi connectivity index (χ0) is 21.7. The first-order valence-corrected chi connectivity index (χ1v) is 11.7. The van der Waals surface area contributed by atoms with Gasteiger partial charge in [-0.05, 0) is 73.0 Å². The fraction of sp³-hybridized carbons (Fsp3) is 0.0909. The largest absolute Gasteiger partial charge is 0.302 e. The predicted octanol–water partition coefficient (Wildman–Crippen LogP) is 5.54. The van der Waals surface area contributed by atoms with Gasteiger partial charge in [-0.25, -0.2) is 8.42 Å². The molecule has 0 fully saturated rings. The molecule has 3 aromatic carbocycles. The van der Waals surface area contributed by atoms with Gasteiger partial charge in [0.15, 0.2) is 0 Å². The molecule has 8 heteroatoms. The van der Waals surface area contributed by atoms with Gasteiger partial charge < -0.3 is 4.13 Å². The maximum atomic E-state index is 12.9. The molecule has 0 saturated carbocycles. The van der Waals surface area contributed by atoms with Crippen molar-refractivity contribution >= 4 is 32.9 Å². The number of hydrogen-bond acceptors (Lipinski definition) is 4. The maximum Gasteiger partial charge on any atom is 0.269 e. The van der Waals surface area contributed by atoms with Crippen molar-refractivity contribution < 1.29 is 13.3 Å².